The van der Waals surface area contributed by atoms with Crippen LogP contribution in [-0.2, 0) is 4.74 Å². The molecule has 0 radical (unpaired) electrons. The monoisotopic (exact) mass is 597 g/mol. The molecule has 9 nitrogen and oxygen atoms in total. The van der Waals surface area contributed by atoms with Crippen molar-refractivity contribution in [1.82, 2.24) is 5.32 Å². The average Bonchev–Trinajstić information content (AvgIpc) is 3.52. The van der Waals surface area contributed by atoms with E-state index in [1.165, 1.54) is 0 Å². The summed E-state index contributed by atoms with van der Waals surface area (Å²) >= 11 is 16.5. The number of nitrogens with two attached hydrogens (primary N) is 2. The van der Waals surface area contributed by atoms with Crippen LogP contribution in [0.15, 0.2) is 0 Å². The van der Waals surface area contributed by atoms with Gasteiger partial charge in [0.25, 0.3) is 0 Å². The number of hydrogen-bond acceptors (Lipinski definition) is 7. The van der Waals surface area contributed by atoms with Gasteiger partial charge >= 0.3 is 0 Å². The van der Waals surface area contributed by atoms with Crippen LogP contribution in [0.25, 0.3) is 0 Å². The van der Waals surface area contributed by atoms with E-state index in [9.17, 15) is 15.3 Å². The van der Waals surface area contributed by atoms with Crippen molar-refractivity contribution < 1.29 is 53.8 Å². The lowest BCUT2D eigenvalue weighted by atomic mass is 10.2. The molecule has 1 aliphatic rings. The van der Waals surface area contributed by atoms with Gasteiger partial charge < -0.3 is 70.6 Å². The van der Waals surface area contributed by atoms with Gasteiger partial charge in [-0.1, -0.05) is 0 Å². The molecule has 1 saturated heterocycles. The third-order valence-electron chi connectivity index (χ3n) is 4.39. The molecule has 3 atom stereocenters. The van der Waals surface area contributed by atoms with Gasteiger partial charge in [0.05, 0.1) is 58.5 Å². The van der Waals surface area contributed by atoms with Crippen LogP contribution < -0.4 is 41.6 Å². The molecule has 1 fully saturated rings. The first-order valence-corrected chi connectivity index (χ1v) is 12.5. The minimum Gasteiger partial charge on any atom is -1.00 e. The Morgan fingerprint density at radius 2 is 1.12 bits per heavy atom. The fourth-order valence-corrected chi connectivity index (χ4v) is 3.45. The lowest BCUT2D eigenvalue weighted by Crippen LogP contribution is -3.00. The zero-order chi connectivity index (χ0) is 25.2. The summed E-state index contributed by atoms with van der Waals surface area (Å²) in [6.07, 6.45) is -1.26. The fraction of sp³-hybridized carbons (Fsp3) is 1.00. The average molecular weight is 600 g/mol. The number of epoxide rings is 1. The summed E-state index contributed by atoms with van der Waals surface area (Å²) in [5.41, 5.74) is 10.3. The van der Waals surface area contributed by atoms with Crippen LogP contribution in [0.2, 0.25) is 0 Å². The minimum absolute atomic E-state index is 0. The molecule has 8 N–H and O–H groups in total. The maximum absolute atomic E-state index is 10.2. The second-order valence-electron chi connectivity index (χ2n) is 9.31. The van der Waals surface area contributed by atoms with Crippen molar-refractivity contribution in [1.29, 1.82) is 0 Å². The highest BCUT2D eigenvalue weighted by Crippen LogP contribution is 2.09. The largest absolute Gasteiger partial charge is 1.00 e. The van der Waals surface area contributed by atoms with Gasteiger partial charge in [-0.05, 0) is 0 Å². The molecule has 0 aromatic rings. The molecule has 3 unspecified atom stereocenters. The quantitative estimate of drug-likeness (QED) is 0.0477. The van der Waals surface area contributed by atoms with Crippen molar-refractivity contribution in [2.75, 3.05) is 105 Å². The Kier molecular flexibility index (Phi) is 30.3. The Bertz CT molecular complexity index is 412. The zero-order valence-corrected chi connectivity index (χ0v) is 24.8. The molecular formula is C20H48Cl5N5O4. The summed E-state index contributed by atoms with van der Waals surface area (Å²) in [4.78, 5) is 0. The number of ether oxygens (including phenoxy) is 1. The molecule has 34 heavy (non-hydrogen) atoms. The first-order chi connectivity index (χ1) is 14.9. The van der Waals surface area contributed by atoms with Crippen LogP contribution in [0.1, 0.15) is 0 Å². The van der Waals surface area contributed by atoms with E-state index in [0.717, 1.165) is 19.7 Å². The van der Waals surface area contributed by atoms with Gasteiger partial charge in [-0.25, -0.2) is 0 Å². The summed E-state index contributed by atoms with van der Waals surface area (Å²) in [6, 6.07) is 0. The van der Waals surface area contributed by atoms with Crippen molar-refractivity contribution in [3.8, 4) is 0 Å². The minimum atomic E-state index is -0.570. The molecule has 212 valence electrons. The van der Waals surface area contributed by atoms with Crippen molar-refractivity contribution >= 4 is 34.8 Å². The summed E-state index contributed by atoms with van der Waals surface area (Å²) < 4.78 is 5.71. The number of halogens is 5. The van der Waals surface area contributed by atoms with Gasteiger partial charge in [0.1, 0.15) is 38.4 Å². The molecule has 0 aromatic heterocycles. The Morgan fingerprint density at radius 1 is 0.794 bits per heavy atom. The van der Waals surface area contributed by atoms with E-state index in [1.54, 1.807) is 0 Å². The van der Waals surface area contributed by atoms with E-state index < -0.39 is 18.3 Å². The Labute approximate surface area is 234 Å². The maximum atomic E-state index is 10.2. The normalized spacial score (nSPS) is 17.5. The fourth-order valence-electron chi connectivity index (χ4n) is 3.07. The number of alkyl halides is 3. The molecule has 1 rings (SSSR count). The molecule has 14 heteroatoms. The van der Waals surface area contributed by atoms with Crippen LogP contribution in [0, 0.1) is 0 Å². The van der Waals surface area contributed by atoms with Crippen molar-refractivity contribution in [3.63, 3.8) is 0 Å². The third kappa shape index (κ3) is 29.3. The molecular weight excluding hydrogens is 552 g/mol. The lowest BCUT2D eigenvalue weighted by Gasteiger charge is -2.37. The first kappa shape index (κ1) is 42.2. The molecule has 0 amide bonds. The predicted octanol–water partition coefficient (Wildman–Crippen LogP) is -7.18. The summed E-state index contributed by atoms with van der Waals surface area (Å²) in [5, 5.41) is 32.5. The smallest absolute Gasteiger partial charge is 0.152 e. The van der Waals surface area contributed by atoms with Crippen molar-refractivity contribution in [3.05, 3.63) is 0 Å². The molecule has 0 bridgehead atoms. The number of aliphatic hydroxyl groups is 3. The number of hydrogen-bond donors (Lipinski definition) is 6. The van der Waals surface area contributed by atoms with E-state index in [2.05, 4.69) is 5.32 Å². The van der Waals surface area contributed by atoms with E-state index in [1.807, 2.05) is 28.2 Å². The molecule has 0 saturated carbocycles. The maximum Gasteiger partial charge on any atom is 0.152 e. The lowest BCUT2D eigenvalue weighted by molar-refractivity contribution is -0.917. The molecule has 0 aliphatic carbocycles. The van der Waals surface area contributed by atoms with Crippen LogP contribution in [-0.4, -0.2) is 153 Å². The zero-order valence-electron chi connectivity index (χ0n) is 21.0. The van der Waals surface area contributed by atoms with Crippen LogP contribution >= 0.6 is 34.8 Å². The van der Waals surface area contributed by atoms with Gasteiger partial charge in [-0.15, -0.1) is 34.8 Å². The van der Waals surface area contributed by atoms with Crippen molar-refractivity contribution in [2.24, 2.45) is 11.5 Å². The second-order valence-corrected chi connectivity index (χ2v) is 10.2. The van der Waals surface area contributed by atoms with E-state index in [4.69, 9.17) is 51.0 Å². The summed E-state index contributed by atoms with van der Waals surface area (Å²) in [7, 11) is 7.80. The SMILES string of the molecule is C[N+](C)(CC(O)CCl)CC(O)C[N+](C)(C)CC(O)CCl.ClCC1CO1.NCCNCCN.[Cl-].[Cl-]. The van der Waals surface area contributed by atoms with Gasteiger partial charge in [-0.3, -0.25) is 0 Å². The number of quaternary nitrogens is 2. The second kappa shape index (κ2) is 24.4. The highest BCUT2D eigenvalue weighted by Gasteiger charge is 2.29. The first-order valence-electron chi connectivity index (χ1n) is 10.9. The topological polar surface area (TPSA) is 137 Å². The summed E-state index contributed by atoms with van der Waals surface area (Å²) in [6.45, 7) is 6.05. The van der Waals surface area contributed by atoms with E-state index >= 15 is 0 Å². The number of rotatable bonds is 15. The summed E-state index contributed by atoms with van der Waals surface area (Å²) in [5.74, 6) is 1.06. The van der Waals surface area contributed by atoms with Crippen LogP contribution in [0.5, 0.6) is 0 Å². The Balaban J connectivity index is -0.000000263. The van der Waals surface area contributed by atoms with Gasteiger partial charge in [-0.2, -0.15) is 0 Å². The highest BCUT2D eigenvalue weighted by molar-refractivity contribution is 6.18. The number of likely N-dealkylation sites (N-methyl/N-ethyl adjacent to an activating group) is 2. The number of aliphatic hydroxyl groups excluding tert-OH is 3. The molecule has 0 spiro atoms. The highest BCUT2D eigenvalue weighted by atomic mass is 35.5. The molecule has 1 heterocycles. The third-order valence-corrected chi connectivity index (χ3v) is 5.45. The predicted molar refractivity (Wildman–Crippen MR) is 135 cm³/mol. The van der Waals surface area contributed by atoms with Gasteiger partial charge in [0.15, 0.2) is 6.10 Å². The van der Waals surface area contributed by atoms with Crippen LogP contribution in [0.4, 0.5) is 0 Å². The number of nitrogens with one attached hydrogen (secondary N) is 1. The van der Waals surface area contributed by atoms with Gasteiger partial charge in [0.2, 0.25) is 0 Å². The van der Waals surface area contributed by atoms with Crippen LogP contribution in [0.3, 0.4) is 0 Å². The van der Waals surface area contributed by atoms with Crippen molar-refractivity contribution in [2.45, 2.75) is 24.4 Å². The molecule has 1 aliphatic heterocycles. The Hall–Kier alpha value is 1.09. The van der Waals surface area contributed by atoms with E-state index in [-0.39, 0.29) is 36.6 Å². The standard InChI is InChI=1S/C13H30Cl2N2O3.C4H13N3.C3H5ClO.2ClH/c1-16(2,7-11(18)5-14)9-13(20)10-17(3,4)8-12(19)6-15;5-1-3-7-4-2-6;4-1-3-2-5-3;;/h11-13,18-20H,5-10H2,1-4H3;7H,1-6H2;3H,1-2H2;2*1H/q+2;;;;/p-2. The molecule has 0 aromatic carbocycles. The Morgan fingerprint density at radius 3 is 1.32 bits per heavy atom. The van der Waals surface area contributed by atoms with Gasteiger partial charge in [0, 0.05) is 26.2 Å². The van der Waals surface area contributed by atoms with E-state index in [0.29, 0.717) is 60.2 Å². The number of nitrogens with zero attached hydrogens (tertiary/aromatic N) is 2.